The Morgan fingerprint density at radius 3 is 2.46 bits per heavy atom. The lowest BCUT2D eigenvalue weighted by Crippen LogP contribution is -2.63. The van der Waals surface area contributed by atoms with Gasteiger partial charge in [0.05, 0.1) is 25.7 Å². The molecular formula is C22H32O6. The number of rotatable bonds is 2. The van der Waals surface area contributed by atoms with E-state index in [4.69, 9.17) is 9.47 Å². The van der Waals surface area contributed by atoms with Crippen molar-refractivity contribution in [1.82, 2.24) is 0 Å². The zero-order valence-electron chi connectivity index (χ0n) is 17.5. The smallest absolute Gasteiger partial charge is 0.330 e. The summed E-state index contributed by atoms with van der Waals surface area (Å²) in [7, 11) is 2.69. The molecule has 1 N–H and O–H groups in total. The Bertz CT molecular complexity index is 712. The number of carbonyl (C=O) groups is 3. The van der Waals surface area contributed by atoms with Crippen LogP contribution in [0.25, 0.3) is 0 Å². The van der Waals surface area contributed by atoms with Gasteiger partial charge in [0.2, 0.25) is 0 Å². The molecule has 6 heteroatoms. The first kappa shape index (κ1) is 21.0. The first-order valence-corrected chi connectivity index (χ1v) is 10.2. The molecule has 28 heavy (non-hydrogen) atoms. The lowest BCUT2D eigenvalue weighted by atomic mass is 9.42. The van der Waals surface area contributed by atoms with E-state index in [-0.39, 0.29) is 47.3 Å². The Balaban J connectivity index is 1.99. The summed E-state index contributed by atoms with van der Waals surface area (Å²) in [5.74, 6) is -1.01. The first-order chi connectivity index (χ1) is 13.1. The van der Waals surface area contributed by atoms with Gasteiger partial charge < -0.3 is 14.6 Å². The highest BCUT2D eigenvalue weighted by atomic mass is 16.5. The van der Waals surface area contributed by atoms with Crippen LogP contribution in [0.1, 0.15) is 52.9 Å². The number of hydrogen-bond donors (Lipinski definition) is 1. The second-order valence-corrected chi connectivity index (χ2v) is 9.26. The van der Waals surface area contributed by atoms with Gasteiger partial charge in [-0.3, -0.25) is 9.59 Å². The van der Waals surface area contributed by atoms with Crippen molar-refractivity contribution in [1.29, 1.82) is 0 Å². The summed E-state index contributed by atoms with van der Waals surface area (Å²) in [6.07, 6.45) is 3.83. The largest absolute Gasteiger partial charge is 0.469 e. The minimum absolute atomic E-state index is 0.0284. The van der Waals surface area contributed by atoms with E-state index in [1.807, 2.05) is 6.92 Å². The highest BCUT2D eigenvalue weighted by Gasteiger charge is 2.65. The van der Waals surface area contributed by atoms with Gasteiger partial charge in [0.1, 0.15) is 5.78 Å². The van der Waals surface area contributed by atoms with Crippen LogP contribution in [0.4, 0.5) is 0 Å². The van der Waals surface area contributed by atoms with E-state index in [9.17, 15) is 19.5 Å². The Hall–Kier alpha value is -1.69. The highest BCUT2D eigenvalue weighted by molar-refractivity contribution is 5.87. The van der Waals surface area contributed by atoms with E-state index in [0.29, 0.717) is 6.42 Å². The predicted molar refractivity (Wildman–Crippen MR) is 102 cm³/mol. The van der Waals surface area contributed by atoms with Gasteiger partial charge in [0, 0.05) is 18.4 Å². The molecule has 0 aliphatic heterocycles. The maximum Gasteiger partial charge on any atom is 0.330 e. The second kappa shape index (κ2) is 7.29. The van der Waals surface area contributed by atoms with Gasteiger partial charge in [0.15, 0.2) is 0 Å². The van der Waals surface area contributed by atoms with Gasteiger partial charge in [-0.1, -0.05) is 19.4 Å². The van der Waals surface area contributed by atoms with Crippen molar-refractivity contribution >= 4 is 17.7 Å². The molecule has 0 amide bonds. The fourth-order valence-corrected chi connectivity index (χ4v) is 6.53. The van der Waals surface area contributed by atoms with Crippen molar-refractivity contribution in [2.24, 2.45) is 34.5 Å². The van der Waals surface area contributed by atoms with Crippen LogP contribution in [0.3, 0.4) is 0 Å². The minimum Gasteiger partial charge on any atom is -0.469 e. The molecule has 0 spiro atoms. The van der Waals surface area contributed by atoms with E-state index >= 15 is 0 Å². The average Bonchev–Trinajstić information content (AvgIpc) is 2.68. The number of hydrogen-bond acceptors (Lipinski definition) is 6. The Labute approximate surface area is 166 Å². The number of methoxy groups -OCH3 is 2. The van der Waals surface area contributed by atoms with Crippen LogP contribution in [0.2, 0.25) is 0 Å². The number of esters is 2. The molecule has 3 fully saturated rings. The Morgan fingerprint density at radius 2 is 1.86 bits per heavy atom. The highest BCUT2D eigenvalue weighted by Crippen LogP contribution is 2.64. The minimum atomic E-state index is -1.08. The molecule has 0 aromatic rings. The molecule has 6 nitrogen and oxygen atoms in total. The molecule has 0 heterocycles. The van der Waals surface area contributed by atoms with Crippen molar-refractivity contribution < 1.29 is 29.0 Å². The molecule has 3 rings (SSSR count). The van der Waals surface area contributed by atoms with Crippen LogP contribution in [-0.4, -0.2) is 43.2 Å². The third-order valence-corrected chi connectivity index (χ3v) is 8.22. The van der Waals surface area contributed by atoms with Crippen LogP contribution in [0, 0.1) is 34.5 Å². The number of ether oxygens (including phenoxy) is 2. The quantitative estimate of drug-likeness (QED) is 0.574. The number of Topliss-reactive ketones (excluding diaryl/α,β-unsaturated/α-hetero) is 1. The summed E-state index contributed by atoms with van der Waals surface area (Å²) in [6, 6.07) is 0. The molecule has 0 unspecified atom stereocenters. The zero-order valence-corrected chi connectivity index (χ0v) is 17.5. The lowest BCUT2D eigenvalue weighted by molar-refractivity contribution is -0.197. The van der Waals surface area contributed by atoms with E-state index in [2.05, 4.69) is 6.92 Å². The number of allylic oxidation sites excluding steroid dienone is 1. The van der Waals surface area contributed by atoms with Gasteiger partial charge in [-0.05, 0) is 55.8 Å². The number of aliphatic hydroxyl groups is 1. The topological polar surface area (TPSA) is 89.9 Å². The molecule has 0 aromatic carbocycles. The zero-order chi connectivity index (χ0) is 20.9. The first-order valence-electron chi connectivity index (χ1n) is 10.2. The maximum atomic E-state index is 13.3. The van der Waals surface area contributed by atoms with Gasteiger partial charge in [-0.25, -0.2) is 4.79 Å². The maximum absolute atomic E-state index is 13.3. The van der Waals surface area contributed by atoms with Crippen LogP contribution < -0.4 is 0 Å². The molecule has 7 atom stereocenters. The summed E-state index contributed by atoms with van der Waals surface area (Å²) < 4.78 is 9.82. The molecule has 0 bridgehead atoms. The predicted octanol–water partition coefficient (Wildman–Crippen LogP) is 2.68. The van der Waals surface area contributed by atoms with E-state index in [0.717, 1.165) is 24.8 Å². The molecule has 3 saturated carbocycles. The van der Waals surface area contributed by atoms with Crippen molar-refractivity contribution in [3.8, 4) is 0 Å². The summed E-state index contributed by atoms with van der Waals surface area (Å²) in [5, 5.41) is 10.7. The van der Waals surface area contributed by atoms with Crippen LogP contribution in [-0.2, 0) is 23.9 Å². The fourth-order valence-electron chi connectivity index (χ4n) is 6.53. The molecule has 3 aliphatic carbocycles. The standard InChI is InChI=1S/C22H32O6/c1-12-13(10-18(25)27-4)6-7-14-19(12)15(23)11-16-21(14,2)9-8-17(24)22(16,3)20(26)28-5/h10,12,14,16-17,19,24H,6-9,11H2,1-5H3/b13-10-/t12-,14-,16-,17+,19-,21-,22+/m1/s1. The summed E-state index contributed by atoms with van der Waals surface area (Å²) in [5.41, 5.74) is -0.338. The number of fused-ring (bicyclic) bond motifs is 3. The van der Waals surface area contributed by atoms with Gasteiger partial charge in [-0.15, -0.1) is 0 Å². The molecule has 0 radical (unpaired) electrons. The van der Waals surface area contributed by atoms with Crippen molar-refractivity contribution in [3.63, 3.8) is 0 Å². The van der Waals surface area contributed by atoms with E-state index in [1.54, 1.807) is 6.92 Å². The molecular weight excluding hydrogens is 360 g/mol. The van der Waals surface area contributed by atoms with Gasteiger partial charge in [0.25, 0.3) is 0 Å². The van der Waals surface area contributed by atoms with Crippen LogP contribution in [0.5, 0.6) is 0 Å². The van der Waals surface area contributed by atoms with Crippen LogP contribution >= 0.6 is 0 Å². The molecule has 156 valence electrons. The van der Waals surface area contributed by atoms with Crippen molar-refractivity contribution in [3.05, 3.63) is 11.6 Å². The number of aliphatic hydroxyl groups excluding tert-OH is 1. The van der Waals surface area contributed by atoms with Gasteiger partial charge in [-0.2, -0.15) is 0 Å². The normalized spacial score (nSPS) is 44.4. The SMILES string of the molecule is COC(=O)/C=C1/CC[C@@H]2[C@H](C(=O)C[C@@H]3[C@]2(C)CC[C@H](O)[C@@]3(C)C(=O)OC)[C@@H]1C. The third-order valence-electron chi connectivity index (χ3n) is 8.22. The molecule has 0 aromatic heterocycles. The van der Waals surface area contributed by atoms with Crippen molar-refractivity contribution in [2.75, 3.05) is 14.2 Å². The number of carbonyl (C=O) groups excluding carboxylic acids is 3. The Morgan fingerprint density at radius 1 is 1.18 bits per heavy atom. The molecule has 3 aliphatic rings. The van der Waals surface area contributed by atoms with Crippen LogP contribution in [0.15, 0.2) is 11.6 Å². The van der Waals surface area contributed by atoms with Crippen molar-refractivity contribution in [2.45, 2.75) is 59.0 Å². The monoisotopic (exact) mass is 392 g/mol. The summed E-state index contributed by atoms with van der Waals surface area (Å²) >= 11 is 0. The average molecular weight is 392 g/mol. The van der Waals surface area contributed by atoms with E-state index in [1.165, 1.54) is 20.3 Å². The number of ketones is 1. The lowest BCUT2D eigenvalue weighted by Gasteiger charge is -2.61. The Kier molecular flexibility index (Phi) is 5.47. The van der Waals surface area contributed by atoms with Gasteiger partial charge >= 0.3 is 11.9 Å². The fraction of sp³-hybridized carbons (Fsp3) is 0.773. The third kappa shape index (κ3) is 2.92. The van der Waals surface area contributed by atoms with E-state index < -0.39 is 17.5 Å². The molecule has 0 saturated heterocycles. The summed E-state index contributed by atoms with van der Waals surface area (Å²) in [6.45, 7) is 5.95. The second-order valence-electron chi connectivity index (χ2n) is 9.26. The summed E-state index contributed by atoms with van der Waals surface area (Å²) in [4.78, 5) is 37.7.